The minimum atomic E-state index is 0.0590. The van der Waals surface area contributed by atoms with Crippen LogP contribution in [0.2, 0.25) is 0 Å². The summed E-state index contributed by atoms with van der Waals surface area (Å²) in [6.07, 6.45) is 4.91. The van der Waals surface area contributed by atoms with E-state index in [1.807, 2.05) is 0 Å². The summed E-state index contributed by atoms with van der Waals surface area (Å²) in [6.45, 7) is 5.57. The molecule has 1 aromatic carbocycles. The molecule has 1 aliphatic carbocycles. The monoisotopic (exact) mass is 261 g/mol. The van der Waals surface area contributed by atoms with Crippen molar-refractivity contribution < 1.29 is 5.11 Å². The zero-order valence-electron chi connectivity index (χ0n) is 12.2. The molecule has 0 aromatic heterocycles. The van der Waals surface area contributed by atoms with E-state index in [1.165, 1.54) is 18.4 Å². The number of hydrogen-bond donors (Lipinski definition) is 2. The van der Waals surface area contributed by atoms with Gasteiger partial charge in [-0.3, -0.25) is 0 Å². The molecule has 1 atom stereocenters. The van der Waals surface area contributed by atoms with E-state index in [1.54, 1.807) is 0 Å². The summed E-state index contributed by atoms with van der Waals surface area (Å²) in [4.78, 5) is 0. The maximum absolute atomic E-state index is 9.26. The molecule has 0 heterocycles. The van der Waals surface area contributed by atoms with E-state index in [0.29, 0.717) is 6.04 Å². The normalized spacial score (nSPS) is 17.4. The van der Waals surface area contributed by atoms with Crippen LogP contribution in [0.5, 0.6) is 0 Å². The molecular formula is C17H27NO. The van der Waals surface area contributed by atoms with Gasteiger partial charge in [0.05, 0.1) is 0 Å². The van der Waals surface area contributed by atoms with Crippen LogP contribution in [0, 0.1) is 11.3 Å². The summed E-state index contributed by atoms with van der Waals surface area (Å²) < 4.78 is 0. The maximum atomic E-state index is 9.26. The highest BCUT2D eigenvalue weighted by Crippen LogP contribution is 2.40. The summed E-state index contributed by atoms with van der Waals surface area (Å²) in [7, 11) is 0. The number of aliphatic hydroxyl groups is 1. The SMILES string of the molecule is CC(C)(CO)CCCNC(c1ccccc1)C1CC1. The topological polar surface area (TPSA) is 32.3 Å². The minimum Gasteiger partial charge on any atom is -0.396 e. The Morgan fingerprint density at radius 2 is 1.95 bits per heavy atom. The molecule has 0 amide bonds. The quantitative estimate of drug-likeness (QED) is 0.702. The molecule has 0 bridgehead atoms. The highest BCUT2D eigenvalue weighted by Gasteiger charge is 2.31. The van der Waals surface area contributed by atoms with Gasteiger partial charge in [0, 0.05) is 12.6 Å². The van der Waals surface area contributed by atoms with Crippen LogP contribution in [-0.2, 0) is 0 Å². The van der Waals surface area contributed by atoms with Gasteiger partial charge < -0.3 is 10.4 Å². The Hall–Kier alpha value is -0.860. The lowest BCUT2D eigenvalue weighted by Gasteiger charge is -2.23. The standard InChI is InChI=1S/C17H27NO/c1-17(2,13-19)11-6-12-18-16(15-9-10-15)14-7-4-3-5-8-14/h3-5,7-8,15-16,18-19H,6,9-13H2,1-2H3. The second-order valence-electron chi connectivity index (χ2n) is 6.61. The van der Waals surface area contributed by atoms with Crippen LogP contribution in [0.15, 0.2) is 30.3 Å². The fraction of sp³-hybridized carbons (Fsp3) is 0.647. The Morgan fingerprint density at radius 3 is 2.53 bits per heavy atom. The lowest BCUT2D eigenvalue weighted by molar-refractivity contribution is 0.147. The molecule has 106 valence electrons. The Bertz CT molecular complexity index is 370. The maximum Gasteiger partial charge on any atom is 0.0482 e. The molecule has 19 heavy (non-hydrogen) atoms. The van der Waals surface area contributed by atoms with Gasteiger partial charge in [-0.15, -0.1) is 0 Å². The van der Waals surface area contributed by atoms with Gasteiger partial charge in [0.1, 0.15) is 0 Å². The third kappa shape index (κ3) is 4.63. The van der Waals surface area contributed by atoms with Crippen LogP contribution in [-0.4, -0.2) is 18.3 Å². The Morgan fingerprint density at radius 1 is 1.26 bits per heavy atom. The summed E-state index contributed by atoms with van der Waals surface area (Å²) in [5, 5.41) is 13.0. The average Bonchev–Trinajstić information content (AvgIpc) is 3.24. The number of aliphatic hydroxyl groups excluding tert-OH is 1. The van der Waals surface area contributed by atoms with Crippen LogP contribution < -0.4 is 5.32 Å². The highest BCUT2D eigenvalue weighted by molar-refractivity contribution is 5.21. The van der Waals surface area contributed by atoms with Crippen molar-refractivity contribution in [1.82, 2.24) is 5.32 Å². The average molecular weight is 261 g/mol. The van der Waals surface area contributed by atoms with Crippen molar-refractivity contribution in [1.29, 1.82) is 0 Å². The van der Waals surface area contributed by atoms with E-state index >= 15 is 0 Å². The summed E-state index contributed by atoms with van der Waals surface area (Å²) in [5.41, 5.74) is 1.48. The van der Waals surface area contributed by atoms with Gasteiger partial charge in [0.15, 0.2) is 0 Å². The third-order valence-electron chi connectivity index (χ3n) is 4.07. The van der Waals surface area contributed by atoms with Crippen molar-refractivity contribution in [2.24, 2.45) is 11.3 Å². The highest BCUT2D eigenvalue weighted by atomic mass is 16.3. The van der Waals surface area contributed by atoms with Gasteiger partial charge in [0.25, 0.3) is 0 Å². The second kappa shape index (κ2) is 6.53. The fourth-order valence-corrected chi connectivity index (χ4v) is 2.55. The molecule has 2 heteroatoms. The van der Waals surface area contributed by atoms with Crippen LogP contribution in [0.3, 0.4) is 0 Å². The number of nitrogens with one attached hydrogen (secondary N) is 1. The second-order valence-corrected chi connectivity index (χ2v) is 6.61. The molecule has 0 spiro atoms. The molecule has 0 aliphatic heterocycles. The minimum absolute atomic E-state index is 0.0590. The molecule has 1 saturated carbocycles. The zero-order valence-corrected chi connectivity index (χ0v) is 12.2. The van der Waals surface area contributed by atoms with Crippen molar-refractivity contribution in [2.45, 2.75) is 45.6 Å². The van der Waals surface area contributed by atoms with Gasteiger partial charge in [-0.25, -0.2) is 0 Å². The zero-order chi connectivity index (χ0) is 13.7. The molecular weight excluding hydrogens is 234 g/mol. The largest absolute Gasteiger partial charge is 0.396 e. The molecule has 1 aromatic rings. The van der Waals surface area contributed by atoms with E-state index in [4.69, 9.17) is 0 Å². The first kappa shape index (κ1) is 14.5. The first-order valence-electron chi connectivity index (χ1n) is 7.51. The first-order chi connectivity index (χ1) is 9.12. The summed E-state index contributed by atoms with van der Waals surface area (Å²) in [5.74, 6) is 0.827. The number of benzene rings is 1. The van der Waals surface area contributed by atoms with Gasteiger partial charge in [0.2, 0.25) is 0 Å². The van der Waals surface area contributed by atoms with Crippen LogP contribution in [0.25, 0.3) is 0 Å². The third-order valence-corrected chi connectivity index (χ3v) is 4.07. The van der Waals surface area contributed by atoms with E-state index in [0.717, 1.165) is 25.3 Å². The smallest absolute Gasteiger partial charge is 0.0482 e. The van der Waals surface area contributed by atoms with E-state index in [2.05, 4.69) is 49.5 Å². The van der Waals surface area contributed by atoms with Crippen LogP contribution in [0.1, 0.15) is 51.1 Å². The van der Waals surface area contributed by atoms with Gasteiger partial charge in [-0.2, -0.15) is 0 Å². The van der Waals surface area contributed by atoms with E-state index in [9.17, 15) is 5.11 Å². The van der Waals surface area contributed by atoms with E-state index < -0.39 is 0 Å². The Balaban J connectivity index is 1.79. The summed E-state index contributed by atoms with van der Waals surface area (Å²) >= 11 is 0. The molecule has 1 aliphatic rings. The molecule has 1 unspecified atom stereocenters. The first-order valence-corrected chi connectivity index (χ1v) is 7.51. The molecule has 2 rings (SSSR count). The fourth-order valence-electron chi connectivity index (χ4n) is 2.55. The van der Waals surface area contributed by atoms with Crippen LogP contribution in [0.4, 0.5) is 0 Å². The van der Waals surface area contributed by atoms with Crippen molar-refractivity contribution in [3.8, 4) is 0 Å². The predicted octanol–water partition coefficient (Wildman–Crippen LogP) is 3.53. The van der Waals surface area contributed by atoms with Crippen molar-refractivity contribution >= 4 is 0 Å². The Labute approximate surface area is 117 Å². The predicted molar refractivity (Wildman–Crippen MR) is 80.0 cm³/mol. The molecule has 0 radical (unpaired) electrons. The summed E-state index contributed by atoms with van der Waals surface area (Å²) in [6, 6.07) is 11.3. The number of rotatable bonds is 8. The van der Waals surface area contributed by atoms with Crippen molar-refractivity contribution in [3.63, 3.8) is 0 Å². The van der Waals surface area contributed by atoms with Gasteiger partial charge in [-0.05, 0) is 49.1 Å². The number of hydrogen-bond acceptors (Lipinski definition) is 2. The molecule has 2 N–H and O–H groups in total. The molecule has 1 fully saturated rings. The van der Waals surface area contributed by atoms with Crippen molar-refractivity contribution in [3.05, 3.63) is 35.9 Å². The van der Waals surface area contributed by atoms with Gasteiger partial charge in [-0.1, -0.05) is 44.2 Å². The van der Waals surface area contributed by atoms with Crippen LogP contribution >= 0.6 is 0 Å². The van der Waals surface area contributed by atoms with Gasteiger partial charge >= 0.3 is 0 Å². The lowest BCUT2D eigenvalue weighted by atomic mass is 9.89. The lowest BCUT2D eigenvalue weighted by Crippen LogP contribution is -2.26. The van der Waals surface area contributed by atoms with Crippen molar-refractivity contribution in [2.75, 3.05) is 13.2 Å². The Kier molecular flexibility index (Phi) is 5.00. The van der Waals surface area contributed by atoms with E-state index in [-0.39, 0.29) is 12.0 Å². The molecule has 2 nitrogen and oxygen atoms in total. The molecule has 0 saturated heterocycles.